The number of sulfonamides is 1. The van der Waals surface area contributed by atoms with E-state index >= 15 is 0 Å². The van der Waals surface area contributed by atoms with Crippen LogP contribution in [0.2, 0.25) is 5.02 Å². The Hall–Kier alpha value is -2.75. The molecule has 0 bridgehead atoms. The predicted octanol–water partition coefficient (Wildman–Crippen LogP) is 5.83. The molecule has 0 radical (unpaired) electrons. The Kier molecular flexibility index (Phi) is 9.37. The van der Waals surface area contributed by atoms with Crippen LogP contribution in [0.4, 0.5) is 5.69 Å². The number of halogens is 1. The van der Waals surface area contributed by atoms with Crippen molar-refractivity contribution in [3.8, 4) is 11.8 Å². The molecule has 0 aromatic heterocycles. The number of unbranched alkanes of at least 4 members (excludes halogenated alkanes) is 1. The highest BCUT2D eigenvalue weighted by molar-refractivity contribution is 7.93. The lowest BCUT2D eigenvalue weighted by molar-refractivity contribution is -0.140. The van der Waals surface area contributed by atoms with Gasteiger partial charge in [-0.1, -0.05) is 67.6 Å². The number of esters is 1. The average molecular weight is 474 g/mol. The fourth-order valence-electron chi connectivity index (χ4n) is 3.04. The lowest BCUT2D eigenvalue weighted by Gasteiger charge is -2.18. The monoisotopic (exact) mass is 473 g/mol. The quantitative estimate of drug-likeness (QED) is 0.215. The largest absolute Gasteiger partial charge is 0.469 e. The third-order valence-electron chi connectivity index (χ3n) is 4.82. The molecule has 0 heterocycles. The van der Waals surface area contributed by atoms with Crippen molar-refractivity contribution in [3.63, 3.8) is 0 Å². The van der Waals surface area contributed by atoms with E-state index in [-0.39, 0.29) is 18.3 Å². The van der Waals surface area contributed by atoms with Gasteiger partial charge in [-0.15, -0.1) is 6.58 Å². The molecular formula is C25H28ClNO4S. The molecule has 2 aromatic carbocycles. The van der Waals surface area contributed by atoms with E-state index in [0.29, 0.717) is 34.7 Å². The lowest BCUT2D eigenvalue weighted by Crippen LogP contribution is -2.20. The second kappa shape index (κ2) is 11.8. The normalized spacial score (nSPS) is 11.9. The molecule has 0 amide bonds. The molecule has 32 heavy (non-hydrogen) atoms. The van der Waals surface area contributed by atoms with E-state index in [2.05, 4.69) is 41.7 Å². The molecule has 0 aliphatic heterocycles. The van der Waals surface area contributed by atoms with Crippen LogP contribution in [0, 0.1) is 11.8 Å². The van der Waals surface area contributed by atoms with E-state index in [4.69, 9.17) is 11.6 Å². The van der Waals surface area contributed by atoms with Crippen LogP contribution in [0.5, 0.6) is 0 Å². The van der Waals surface area contributed by atoms with Crippen LogP contribution < -0.4 is 4.72 Å². The summed E-state index contributed by atoms with van der Waals surface area (Å²) in [6.45, 7) is 7.85. The van der Waals surface area contributed by atoms with E-state index in [1.165, 1.54) is 13.2 Å². The fourth-order valence-corrected chi connectivity index (χ4v) is 4.59. The van der Waals surface area contributed by atoms with Crippen LogP contribution >= 0.6 is 11.6 Å². The smallest absolute Gasteiger partial charge is 0.305 e. The van der Waals surface area contributed by atoms with Crippen LogP contribution in [0.25, 0.3) is 0 Å². The van der Waals surface area contributed by atoms with Crippen LogP contribution in [-0.4, -0.2) is 21.5 Å². The number of methoxy groups -OCH3 is 1. The minimum Gasteiger partial charge on any atom is -0.469 e. The first-order chi connectivity index (χ1) is 15.2. The third kappa shape index (κ3) is 7.15. The van der Waals surface area contributed by atoms with Gasteiger partial charge in [-0.25, -0.2) is 8.42 Å². The van der Waals surface area contributed by atoms with Crippen LogP contribution in [0.15, 0.2) is 55.1 Å². The van der Waals surface area contributed by atoms with Crippen molar-refractivity contribution >= 4 is 33.3 Å². The summed E-state index contributed by atoms with van der Waals surface area (Å²) in [5.41, 5.74) is 2.48. The molecule has 7 heteroatoms. The first-order valence-electron chi connectivity index (χ1n) is 10.3. The van der Waals surface area contributed by atoms with Gasteiger partial charge >= 0.3 is 5.97 Å². The minimum atomic E-state index is -3.85. The molecule has 1 N–H and O–H groups in total. The summed E-state index contributed by atoms with van der Waals surface area (Å²) in [7, 11) is -2.51. The summed E-state index contributed by atoms with van der Waals surface area (Å²) < 4.78 is 33.7. The van der Waals surface area contributed by atoms with Gasteiger partial charge in [-0.3, -0.25) is 9.52 Å². The Morgan fingerprint density at radius 1 is 1.22 bits per heavy atom. The van der Waals surface area contributed by atoms with Crippen molar-refractivity contribution in [2.45, 2.75) is 44.3 Å². The van der Waals surface area contributed by atoms with Gasteiger partial charge in [-0.2, -0.15) is 0 Å². The van der Waals surface area contributed by atoms with Gasteiger partial charge < -0.3 is 4.74 Å². The Morgan fingerprint density at radius 2 is 1.94 bits per heavy atom. The molecule has 0 saturated heterocycles. The van der Waals surface area contributed by atoms with Crippen molar-refractivity contribution < 1.29 is 17.9 Å². The molecule has 5 nitrogen and oxygen atoms in total. The molecule has 0 aliphatic rings. The standard InChI is InChI=1S/C25H28ClNO4S/c1-5-24(21-12-9-11-19(16-21)18(2)3)32(29,30)27-23-15-14-22(26)17-20(23)10-7-6-8-13-25(28)31-4/h5,9,11-12,14-18,24,27H,1,6,8,13H2,2-4H3. The van der Waals surface area contributed by atoms with Crippen molar-refractivity contribution in [2.75, 3.05) is 11.8 Å². The Bertz CT molecular complexity index is 1130. The van der Waals surface area contributed by atoms with Gasteiger partial charge in [-0.05, 0) is 41.7 Å². The number of rotatable bonds is 9. The summed E-state index contributed by atoms with van der Waals surface area (Å²) in [6, 6.07) is 12.3. The maximum atomic E-state index is 13.2. The number of ether oxygens (including phenoxy) is 1. The van der Waals surface area contributed by atoms with Crippen molar-refractivity contribution in [1.82, 2.24) is 0 Å². The Morgan fingerprint density at radius 3 is 2.59 bits per heavy atom. The van der Waals surface area contributed by atoms with Crippen LogP contribution in [-0.2, 0) is 19.6 Å². The number of anilines is 1. The maximum absolute atomic E-state index is 13.2. The van der Waals surface area contributed by atoms with Gasteiger partial charge in [0, 0.05) is 17.9 Å². The molecule has 1 atom stereocenters. The number of benzene rings is 2. The summed E-state index contributed by atoms with van der Waals surface area (Å²) >= 11 is 6.10. The number of carbonyl (C=O) groups excluding carboxylic acids is 1. The molecule has 2 aromatic rings. The van der Waals surface area contributed by atoms with Gasteiger partial charge in [0.15, 0.2) is 0 Å². The summed E-state index contributed by atoms with van der Waals surface area (Å²) in [6.07, 6.45) is 2.70. The molecule has 0 fully saturated rings. The number of nitrogens with one attached hydrogen (secondary N) is 1. The van der Waals surface area contributed by atoms with Crippen molar-refractivity contribution in [1.29, 1.82) is 0 Å². The Labute approximate surface area is 195 Å². The highest BCUT2D eigenvalue weighted by atomic mass is 35.5. The van der Waals surface area contributed by atoms with Crippen molar-refractivity contribution in [3.05, 3.63) is 76.8 Å². The number of hydrogen-bond acceptors (Lipinski definition) is 4. The first-order valence-corrected chi connectivity index (χ1v) is 12.2. The molecule has 0 aliphatic carbocycles. The zero-order valence-electron chi connectivity index (χ0n) is 18.5. The van der Waals surface area contributed by atoms with Gasteiger partial charge in [0.25, 0.3) is 0 Å². The Balaban J connectivity index is 2.28. The van der Waals surface area contributed by atoms with E-state index in [0.717, 1.165) is 5.56 Å². The predicted molar refractivity (Wildman–Crippen MR) is 130 cm³/mol. The van der Waals surface area contributed by atoms with E-state index in [9.17, 15) is 13.2 Å². The number of hydrogen-bond donors (Lipinski definition) is 1. The lowest BCUT2D eigenvalue weighted by atomic mass is 10.00. The minimum absolute atomic E-state index is 0.272. The molecule has 1 unspecified atom stereocenters. The fraction of sp³-hybridized carbons (Fsp3) is 0.320. The molecule has 170 valence electrons. The van der Waals surface area contributed by atoms with Crippen LogP contribution in [0.3, 0.4) is 0 Å². The maximum Gasteiger partial charge on any atom is 0.305 e. The first kappa shape index (κ1) is 25.5. The highest BCUT2D eigenvalue weighted by Crippen LogP contribution is 2.30. The van der Waals surface area contributed by atoms with Gasteiger partial charge in [0.05, 0.1) is 18.4 Å². The topological polar surface area (TPSA) is 72.5 Å². The summed E-state index contributed by atoms with van der Waals surface area (Å²) in [5, 5.41) is -0.491. The SMILES string of the molecule is C=CC(c1cccc(C(C)C)c1)S(=O)(=O)Nc1ccc(Cl)cc1C#CCCCC(=O)OC. The second-order valence-corrected chi connectivity index (χ2v) is 9.79. The summed E-state index contributed by atoms with van der Waals surface area (Å²) in [5.74, 6) is 5.89. The third-order valence-corrected chi connectivity index (χ3v) is 6.69. The molecular weight excluding hydrogens is 446 g/mol. The average Bonchev–Trinajstić information content (AvgIpc) is 2.75. The van der Waals surface area contributed by atoms with E-state index < -0.39 is 15.3 Å². The molecule has 0 saturated carbocycles. The van der Waals surface area contributed by atoms with E-state index in [1.807, 2.05) is 18.2 Å². The second-order valence-electron chi connectivity index (χ2n) is 7.55. The number of carbonyl (C=O) groups is 1. The molecule has 2 rings (SSSR count). The van der Waals surface area contributed by atoms with E-state index in [1.54, 1.807) is 24.3 Å². The zero-order chi connectivity index (χ0) is 23.7. The summed E-state index contributed by atoms with van der Waals surface area (Å²) in [4.78, 5) is 11.2. The molecule has 0 spiro atoms. The van der Waals surface area contributed by atoms with Crippen molar-refractivity contribution in [2.24, 2.45) is 0 Å². The van der Waals surface area contributed by atoms with Crippen LogP contribution in [0.1, 0.15) is 61.0 Å². The van der Waals surface area contributed by atoms with Gasteiger partial charge in [0.1, 0.15) is 5.25 Å². The zero-order valence-corrected chi connectivity index (χ0v) is 20.1. The van der Waals surface area contributed by atoms with Gasteiger partial charge in [0.2, 0.25) is 10.0 Å². The highest BCUT2D eigenvalue weighted by Gasteiger charge is 2.25.